The Morgan fingerprint density at radius 2 is 1.88 bits per heavy atom. The highest BCUT2D eigenvalue weighted by molar-refractivity contribution is 5.52. The molecular weight excluding hydrogens is 213 g/mol. The van der Waals surface area contributed by atoms with Gasteiger partial charge in [-0.05, 0) is 49.7 Å². The summed E-state index contributed by atoms with van der Waals surface area (Å²) in [7, 11) is 0. The number of rotatable bonds is 2. The van der Waals surface area contributed by atoms with Crippen LogP contribution in [0.1, 0.15) is 45.1 Å². The molecule has 2 heteroatoms. The Morgan fingerprint density at radius 3 is 2.47 bits per heavy atom. The summed E-state index contributed by atoms with van der Waals surface area (Å²) >= 11 is 0. The molecule has 0 saturated heterocycles. The number of halogens is 1. The molecule has 0 aromatic heterocycles. The van der Waals surface area contributed by atoms with Crippen LogP contribution in [0.4, 0.5) is 10.1 Å². The van der Waals surface area contributed by atoms with Gasteiger partial charge in [0.1, 0.15) is 5.82 Å². The van der Waals surface area contributed by atoms with Crippen LogP contribution in [-0.2, 0) is 0 Å². The standard InChI is InChI=1S/C15H22FN/c1-11-5-4-6-13(16)14(11)17-12-7-9-15(2,3)10-8-12/h4-6,12,17H,7-10H2,1-3H3. The Kier molecular flexibility index (Phi) is 3.41. The van der Waals surface area contributed by atoms with E-state index < -0.39 is 0 Å². The number of hydrogen-bond donors (Lipinski definition) is 1. The molecule has 1 aliphatic carbocycles. The lowest BCUT2D eigenvalue weighted by Crippen LogP contribution is -2.30. The van der Waals surface area contributed by atoms with Crippen molar-refractivity contribution in [1.29, 1.82) is 0 Å². The third-order valence-corrected chi connectivity index (χ3v) is 3.91. The quantitative estimate of drug-likeness (QED) is 0.795. The predicted molar refractivity (Wildman–Crippen MR) is 70.8 cm³/mol. The van der Waals surface area contributed by atoms with Gasteiger partial charge in [-0.3, -0.25) is 0 Å². The maximum atomic E-state index is 13.7. The number of aryl methyl sites for hydroxylation is 1. The van der Waals surface area contributed by atoms with E-state index in [2.05, 4.69) is 19.2 Å². The highest BCUT2D eigenvalue weighted by atomic mass is 19.1. The number of para-hydroxylation sites is 1. The molecule has 1 N–H and O–H groups in total. The van der Waals surface area contributed by atoms with Crippen LogP contribution in [0.15, 0.2) is 18.2 Å². The van der Waals surface area contributed by atoms with E-state index in [9.17, 15) is 4.39 Å². The summed E-state index contributed by atoms with van der Waals surface area (Å²) in [5, 5.41) is 3.38. The van der Waals surface area contributed by atoms with E-state index in [-0.39, 0.29) is 5.82 Å². The third kappa shape index (κ3) is 2.99. The average molecular weight is 235 g/mol. The van der Waals surface area contributed by atoms with Crippen molar-refractivity contribution >= 4 is 5.69 Å². The average Bonchev–Trinajstić information content (AvgIpc) is 2.26. The van der Waals surface area contributed by atoms with Crippen molar-refractivity contribution in [3.05, 3.63) is 29.6 Å². The first-order valence-corrected chi connectivity index (χ1v) is 6.50. The SMILES string of the molecule is Cc1cccc(F)c1NC1CCC(C)(C)CC1. The van der Waals surface area contributed by atoms with E-state index in [1.54, 1.807) is 6.07 Å². The molecule has 0 atom stereocenters. The molecule has 1 saturated carbocycles. The Bertz CT molecular complexity index is 368. The van der Waals surface area contributed by atoms with Crippen molar-refractivity contribution < 1.29 is 4.39 Å². The molecule has 0 aliphatic heterocycles. The van der Waals surface area contributed by atoms with Crippen molar-refractivity contribution in [1.82, 2.24) is 0 Å². The van der Waals surface area contributed by atoms with Gasteiger partial charge in [0.25, 0.3) is 0 Å². The first kappa shape index (κ1) is 12.4. The smallest absolute Gasteiger partial charge is 0.146 e. The first-order chi connectivity index (χ1) is 7.98. The van der Waals surface area contributed by atoms with E-state index in [0.29, 0.717) is 17.1 Å². The zero-order valence-corrected chi connectivity index (χ0v) is 11.0. The number of hydrogen-bond acceptors (Lipinski definition) is 1. The van der Waals surface area contributed by atoms with Crippen molar-refractivity contribution in [3.63, 3.8) is 0 Å². The molecule has 0 bridgehead atoms. The van der Waals surface area contributed by atoms with Crippen molar-refractivity contribution in [2.24, 2.45) is 5.41 Å². The van der Waals surface area contributed by atoms with E-state index in [4.69, 9.17) is 0 Å². The van der Waals surface area contributed by atoms with Crippen LogP contribution in [0.3, 0.4) is 0 Å². The second-order valence-electron chi connectivity index (χ2n) is 6.01. The van der Waals surface area contributed by atoms with Gasteiger partial charge < -0.3 is 5.32 Å². The molecule has 1 aromatic carbocycles. The molecule has 1 fully saturated rings. The lowest BCUT2D eigenvalue weighted by molar-refractivity contribution is 0.232. The Labute approximate surface area is 103 Å². The van der Waals surface area contributed by atoms with E-state index in [0.717, 1.165) is 18.4 Å². The van der Waals surface area contributed by atoms with Gasteiger partial charge in [-0.1, -0.05) is 26.0 Å². The molecule has 2 rings (SSSR count). The fourth-order valence-corrected chi connectivity index (χ4v) is 2.56. The lowest BCUT2D eigenvalue weighted by atomic mass is 9.75. The Balaban J connectivity index is 2.03. The molecule has 1 nitrogen and oxygen atoms in total. The predicted octanol–water partition coefficient (Wildman–Crippen LogP) is 4.51. The molecule has 0 spiro atoms. The second-order valence-corrected chi connectivity index (χ2v) is 6.01. The van der Waals surface area contributed by atoms with Gasteiger partial charge in [-0.2, -0.15) is 0 Å². The van der Waals surface area contributed by atoms with Gasteiger partial charge in [0.15, 0.2) is 0 Å². The summed E-state index contributed by atoms with van der Waals surface area (Å²) < 4.78 is 13.7. The van der Waals surface area contributed by atoms with Gasteiger partial charge in [-0.15, -0.1) is 0 Å². The zero-order valence-electron chi connectivity index (χ0n) is 11.0. The van der Waals surface area contributed by atoms with E-state index >= 15 is 0 Å². The summed E-state index contributed by atoms with van der Waals surface area (Å²) in [5.41, 5.74) is 2.15. The topological polar surface area (TPSA) is 12.0 Å². The number of nitrogens with one attached hydrogen (secondary N) is 1. The number of benzene rings is 1. The first-order valence-electron chi connectivity index (χ1n) is 6.50. The normalized spacial score (nSPS) is 20.2. The molecule has 17 heavy (non-hydrogen) atoms. The van der Waals surface area contributed by atoms with E-state index in [1.807, 2.05) is 13.0 Å². The van der Waals surface area contributed by atoms with Gasteiger partial charge in [-0.25, -0.2) is 4.39 Å². The monoisotopic (exact) mass is 235 g/mol. The van der Waals surface area contributed by atoms with Crippen molar-refractivity contribution in [2.75, 3.05) is 5.32 Å². The largest absolute Gasteiger partial charge is 0.380 e. The minimum Gasteiger partial charge on any atom is -0.380 e. The molecule has 0 radical (unpaired) electrons. The van der Waals surface area contributed by atoms with Crippen LogP contribution in [0.25, 0.3) is 0 Å². The maximum Gasteiger partial charge on any atom is 0.146 e. The summed E-state index contributed by atoms with van der Waals surface area (Å²) in [6.45, 7) is 6.59. The van der Waals surface area contributed by atoms with Crippen LogP contribution in [0, 0.1) is 18.2 Å². The molecule has 0 heterocycles. The van der Waals surface area contributed by atoms with Gasteiger partial charge in [0.05, 0.1) is 5.69 Å². The Morgan fingerprint density at radius 1 is 1.24 bits per heavy atom. The van der Waals surface area contributed by atoms with Gasteiger partial charge >= 0.3 is 0 Å². The molecule has 0 unspecified atom stereocenters. The molecule has 0 amide bonds. The van der Waals surface area contributed by atoms with Gasteiger partial charge in [0, 0.05) is 6.04 Å². The van der Waals surface area contributed by atoms with E-state index in [1.165, 1.54) is 18.9 Å². The minimum atomic E-state index is -0.130. The maximum absolute atomic E-state index is 13.7. The molecule has 94 valence electrons. The molecular formula is C15H22FN. The summed E-state index contributed by atoms with van der Waals surface area (Å²) in [6.07, 6.45) is 4.72. The van der Waals surface area contributed by atoms with Crippen molar-refractivity contribution in [3.8, 4) is 0 Å². The fraction of sp³-hybridized carbons (Fsp3) is 0.600. The fourth-order valence-electron chi connectivity index (χ4n) is 2.56. The van der Waals surface area contributed by atoms with Crippen LogP contribution in [0.2, 0.25) is 0 Å². The number of anilines is 1. The Hall–Kier alpha value is -1.05. The summed E-state index contributed by atoms with van der Waals surface area (Å²) in [4.78, 5) is 0. The van der Waals surface area contributed by atoms with Gasteiger partial charge in [0.2, 0.25) is 0 Å². The minimum absolute atomic E-state index is 0.130. The van der Waals surface area contributed by atoms with Crippen LogP contribution >= 0.6 is 0 Å². The summed E-state index contributed by atoms with van der Waals surface area (Å²) in [6, 6.07) is 5.68. The zero-order chi connectivity index (χ0) is 12.5. The highest BCUT2D eigenvalue weighted by Crippen LogP contribution is 2.36. The lowest BCUT2D eigenvalue weighted by Gasteiger charge is -2.35. The van der Waals surface area contributed by atoms with Crippen molar-refractivity contribution in [2.45, 2.75) is 52.5 Å². The molecule has 1 aliphatic rings. The van der Waals surface area contributed by atoms with Crippen LogP contribution in [-0.4, -0.2) is 6.04 Å². The third-order valence-electron chi connectivity index (χ3n) is 3.91. The summed E-state index contributed by atoms with van der Waals surface area (Å²) in [5.74, 6) is -0.130. The molecule has 1 aromatic rings. The second kappa shape index (κ2) is 4.67. The highest BCUT2D eigenvalue weighted by Gasteiger charge is 2.27. The van der Waals surface area contributed by atoms with Crippen LogP contribution < -0.4 is 5.32 Å². The van der Waals surface area contributed by atoms with Crippen LogP contribution in [0.5, 0.6) is 0 Å².